The summed E-state index contributed by atoms with van der Waals surface area (Å²) in [6, 6.07) is 0. The number of hydrogen-bond donors (Lipinski definition) is 3. The van der Waals surface area contributed by atoms with Crippen molar-refractivity contribution in [3.63, 3.8) is 0 Å². The van der Waals surface area contributed by atoms with Gasteiger partial charge in [0, 0.05) is 6.42 Å². The molecule has 5 heteroatoms. The van der Waals surface area contributed by atoms with Gasteiger partial charge in [-0.25, -0.2) is 0 Å². The second-order valence-electron chi connectivity index (χ2n) is 2.35. The van der Waals surface area contributed by atoms with Gasteiger partial charge in [-0.2, -0.15) is 4.98 Å². The van der Waals surface area contributed by atoms with Gasteiger partial charge in [0.05, 0.1) is 0 Å². The number of aromatic nitrogens is 3. The van der Waals surface area contributed by atoms with Gasteiger partial charge in [-0.15, -0.1) is 5.10 Å². The summed E-state index contributed by atoms with van der Waals surface area (Å²) in [4.78, 5) is 3.97. The van der Waals surface area contributed by atoms with Crippen LogP contribution in [-0.2, 0) is 6.42 Å². The summed E-state index contributed by atoms with van der Waals surface area (Å²) in [5.74, 6) is 1.18. The number of anilines is 1. The van der Waals surface area contributed by atoms with E-state index in [-0.39, 0.29) is 0 Å². The summed E-state index contributed by atoms with van der Waals surface area (Å²) >= 11 is 0. The summed E-state index contributed by atoms with van der Waals surface area (Å²) < 4.78 is 0. The molecule has 0 spiro atoms. The molecule has 0 saturated carbocycles. The first-order chi connectivity index (χ1) is 5.33. The number of nitrogens with zero attached hydrogens (tertiary/aromatic N) is 2. The van der Waals surface area contributed by atoms with E-state index in [4.69, 9.17) is 5.73 Å². The van der Waals surface area contributed by atoms with E-state index in [0.717, 1.165) is 25.2 Å². The van der Waals surface area contributed by atoms with Crippen molar-refractivity contribution in [3.05, 3.63) is 5.82 Å². The molecule has 5 nitrogen and oxygen atoms in total. The summed E-state index contributed by atoms with van der Waals surface area (Å²) in [7, 11) is 1.93. The highest BCUT2D eigenvalue weighted by Gasteiger charge is 1.97. The zero-order chi connectivity index (χ0) is 8.10. The molecule has 0 radical (unpaired) electrons. The number of rotatable bonds is 4. The molecule has 4 N–H and O–H groups in total. The van der Waals surface area contributed by atoms with Crippen molar-refractivity contribution in [1.29, 1.82) is 0 Å². The highest BCUT2D eigenvalue weighted by Crippen LogP contribution is 1.95. The van der Waals surface area contributed by atoms with E-state index in [0.29, 0.717) is 5.95 Å². The average molecular weight is 155 g/mol. The smallest absolute Gasteiger partial charge is 0.239 e. The number of nitrogen functional groups attached to an aromatic ring is 1. The Bertz CT molecular complexity index is 206. The minimum Gasteiger partial charge on any atom is -0.367 e. The monoisotopic (exact) mass is 155 g/mol. The van der Waals surface area contributed by atoms with Gasteiger partial charge >= 0.3 is 0 Å². The van der Waals surface area contributed by atoms with Crippen LogP contribution in [0.4, 0.5) is 5.95 Å². The molecule has 0 amide bonds. The van der Waals surface area contributed by atoms with E-state index in [2.05, 4.69) is 20.5 Å². The SMILES string of the molecule is CNCCCc1nc(N)n[nH]1. The minimum atomic E-state index is 0.324. The van der Waals surface area contributed by atoms with Crippen LogP contribution >= 0.6 is 0 Å². The van der Waals surface area contributed by atoms with E-state index in [1.165, 1.54) is 0 Å². The van der Waals surface area contributed by atoms with Gasteiger partial charge in [-0.05, 0) is 20.0 Å². The Morgan fingerprint density at radius 1 is 1.64 bits per heavy atom. The Morgan fingerprint density at radius 2 is 2.45 bits per heavy atom. The van der Waals surface area contributed by atoms with Crippen LogP contribution in [0, 0.1) is 0 Å². The molecule has 0 aliphatic carbocycles. The third-order valence-electron chi connectivity index (χ3n) is 1.39. The normalized spacial score (nSPS) is 10.3. The molecule has 1 aromatic heterocycles. The third-order valence-corrected chi connectivity index (χ3v) is 1.39. The van der Waals surface area contributed by atoms with Crippen molar-refractivity contribution >= 4 is 5.95 Å². The van der Waals surface area contributed by atoms with E-state index in [1.807, 2.05) is 7.05 Å². The van der Waals surface area contributed by atoms with Crippen molar-refractivity contribution in [1.82, 2.24) is 20.5 Å². The molecular weight excluding hydrogens is 142 g/mol. The van der Waals surface area contributed by atoms with Gasteiger partial charge in [0.1, 0.15) is 5.82 Å². The number of aromatic amines is 1. The van der Waals surface area contributed by atoms with Crippen molar-refractivity contribution in [3.8, 4) is 0 Å². The highest BCUT2D eigenvalue weighted by atomic mass is 15.3. The Labute approximate surface area is 65.4 Å². The standard InChI is InChI=1S/C6H13N5/c1-8-4-2-3-5-9-6(7)11-10-5/h8H,2-4H2,1H3,(H3,7,9,10,11). The largest absolute Gasteiger partial charge is 0.367 e. The molecule has 0 fully saturated rings. The fourth-order valence-electron chi connectivity index (χ4n) is 0.854. The molecule has 0 bridgehead atoms. The summed E-state index contributed by atoms with van der Waals surface area (Å²) in [5.41, 5.74) is 5.31. The molecule has 0 atom stereocenters. The molecule has 1 aromatic rings. The van der Waals surface area contributed by atoms with Gasteiger partial charge in [-0.1, -0.05) is 0 Å². The summed E-state index contributed by atoms with van der Waals surface area (Å²) in [5, 5.41) is 9.52. The number of nitrogens with two attached hydrogens (primary N) is 1. The summed E-state index contributed by atoms with van der Waals surface area (Å²) in [6.45, 7) is 0.987. The van der Waals surface area contributed by atoms with Crippen LogP contribution in [0.15, 0.2) is 0 Å². The lowest BCUT2D eigenvalue weighted by Gasteiger charge is -1.94. The first-order valence-electron chi connectivity index (χ1n) is 3.64. The van der Waals surface area contributed by atoms with Gasteiger partial charge in [0.15, 0.2) is 0 Å². The first-order valence-corrected chi connectivity index (χ1v) is 3.64. The molecule has 0 aliphatic heterocycles. The maximum atomic E-state index is 5.31. The minimum absolute atomic E-state index is 0.324. The van der Waals surface area contributed by atoms with Crippen LogP contribution in [0.1, 0.15) is 12.2 Å². The lowest BCUT2D eigenvalue weighted by Crippen LogP contribution is -2.08. The topological polar surface area (TPSA) is 79.6 Å². The predicted octanol–water partition coefficient (Wildman–Crippen LogP) is -0.461. The van der Waals surface area contributed by atoms with E-state index in [1.54, 1.807) is 0 Å². The lowest BCUT2D eigenvalue weighted by atomic mass is 10.3. The van der Waals surface area contributed by atoms with Gasteiger partial charge < -0.3 is 11.1 Å². The Morgan fingerprint density at radius 3 is 3.00 bits per heavy atom. The molecule has 0 unspecified atom stereocenters. The molecule has 0 saturated heterocycles. The lowest BCUT2D eigenvalue weighted by molar-refractivity contribution is 0.704. The Hall–Kier alpha value is -1.10. The molecule has 62 valence electrons. The maximum absolute atomic E-state index is 5.31. The van der Waals surface area contributed by atoms with Crippen LogP contribution in [0.3, 0.4) is 0 Å². The highest BCUT2D eigenvalue weighted by molar-refractivity contribution is 5.12. The van der Waals surface area contributed by atoms with Crippen LogP contribution in [0.2, 0.25) is 0 Å². The van der Waals surface area contributed by atoms with Crippen LogP contribution in [0.25, 0.3) is 0 Å². The van der Waals surface area contributed by atoms with Crippen LogP contribution in [-0.4, -0.2) is 28.8 Å². The fourth-order valence-corrected chi connectivity index (χ4v) is 0.854. The molecule has 0 aliphatic rings. The van der Waals surface area contributed by atoms with Gasteiger partial charge in [0.25, 0.3) is 0 Å². The molecule has 1 rings (SSSR count). The van der Waals surface area contributed by atoms with Crippen LogP contribution < -0.4 is 11.1 Å². The maximum Gasteiger partial charge on any atom is 0.239 e. The summed E-state index contributed by atoms with van der Waals surface area (Å²) in [6.07, 6.45) is 1.94. The zero-order valence-electron chi connectivity index (χ0n) is 6.59. The molecule has 1 heterocycles. The number of aryl methyl sites for hydroxylation is 1. The molecule has 11 heavy (non-hydrogen) atoms. The third kappa shape index (κ3) is 2.55. The second-order valence-corrected chi connectivity index (χ2v) is 2.35. The van der Waals surface area contributed by atoms with Crippen LogP contribution in [0.5, 0.6) is 0 Å². The Balaban J connectivity index is 2.27. The first kappa shape index (κ1) is 8.00. The number of hydrogen-bond acceptors (Lipinski definition) is 4. The quantitative estimate of drug-likeness (QED) is 0.514. The zero-order valence-corrected chi connectivity index (χ0v) is 6.59. The van der Waals surface area contributed by atoms with E-state index >= 15 is 0 Å². The van der Waals surface area contributed by atoms with E-state index < -0.39 is 0 Å². The number of H-pyrrole nitrogens is 1. The van der Waals surface area contributed by atoms with E-state index in [9.17, 15) is 0 Å². The van der Waals surface area contributed by atoms with Gasteiger partial charge in [-0.3, -0.25) is 5.10 Å². The van der Waals surface area contributed by atoms with Crippen molar-refractivity contribution < 1.29 is 0 Å². The number of nitrogens with one attached hydrogen (secondary N) is 2. The molecule has 0 aromatic carbocycles. The second kappa shape index (κ2) is 3.92. The van der Waals surface area contributed by atoms with Crippen molar-refractivity contribution in [2.75, 3.05) is 19.3 Å². The van der Waals surface area contributed by atoms with Crippen molar-refractivity contribution in [2.45, 2.75) is 12.8 Å². The molecular formula is C6H13N5. The fraction of sp³-hybridized carbons (Fsp3) is 0.667. The average Bonchev–Trinajstić information content (AvgIpc) is 2.37. The van der Waals surface area contributed by atoms with Crippen molar-refractivity contribution in [2.24, 2.45) is 0 Å². The van der Waals surface area contributed by atoms with Gasteiger partial charge in [0.2, 0.25) is 5.95 Å². The Kier molecular flexibility index (Phi) is 2.85. The predicted molar refractivity (Wildman–Crippen MR) is 43.0 cm³/mol.